The molecule has 0 aliphatic heterocycles. The topological polar surface area (TPSA) is 70.2 Å². The molecule has 0 radical (unpaired) electrons. The van der Waals surface area contributed by atoms with Crippen molar-refractivity contribution in [3.63, 3.8) is 0 Å². The number of amides is 2. The molecule has 0 aromatic carbocycles. The minimum absolute atomic E-state index is 0.00600. The molecule has 1 fully saturated rings. The molecule has 98 valence electrons. The minimum atomic E-state index is -0.227. The molecule has 2 amide bonds. The summed E-state index contributed by atoms with van der Waals surface area (Å²) in [4.78, 5) is 22.8. The highest BCUT2D eigenvalue weighted by molar-refractivity contribution is 5.81. The van der Waals surface area contributed by atoms with E-state index in [9.17, 15) is 9.59 Å². The lowest BCUT2D eigenvalue weighted by Crippen LogP contribution is -2.46. The highest BCUT2D eigenvalue weighted by atomic mass is 16.2. The smallest absolute Gasteiger partial charge is 0.237 e. The molecular formula is C12H23N3O2. The van der Waals surface area contributed by atoms with Crippen molar-refractivity contribution in [3.8, 4) is 0 Å². The number of hydrogen-bond acceptors (Lipinski definition) is 3. The second-order valence-electron chi connectivity index (χ2n) is 4.90. The van der Waals surface area contributed by atoms with Crippen molar-refractivity contribution in [1.82, 2.24) is 16.0 Å². The van der Waals surface area contributed by atoms with Gasteiger partial charge in [-0.2, -0.15) is 0 Å². The third kappa shape index (κ3) is 5.68. The standard InChI is InChI=1S/C12H23N3O2/c1-8(2)15-11(16)9(3)13-6-7-14-12(17)10-4-5-10/h8-10,13H,4-7H2,1-3H3,(H,14,17)(H,15,16). The van der Waals surface area contributed by atoms with Crippen LogP contribution in [0.5, 0.6) is 0 Å². The first kappa shape index (κ1) is 14.0. The monoisotopic (exact) mass is 241 g/mol. The third-order valence-corrected chi connectivity index (χ3v) is 2.65. The second kappa shape index (κ2) is 6.59. The average molecular weight is 241 g/mol. The van der Waals surface area contributed by atoms with E-state index in [1.807, 2.05) is 20.8 Å². The quantitative estimate of drug-likeness (QED) is 0.550. The minimum Gasteiger partial charge on any atom is -0.355 e. The van der Waals surface area contributed by atoms with Gasteiger partial charge in [0.15, 0.2) is 0 Å². The van der Waals surface area contributed by atoms with Crippen LogP contribution >= 0.6 is 0 Å². The summed E-state index contributed by atoms with van der Waals surface area (Å²) in [5.41, 5.74) is 0. The Kier molecular flexibility index (Phi) is 5.41. The van der Waals surface area contributed by atoms with Gasteiger partial charge in [-0.15, -0.1) is 0 Å². The predicted octanol–water partition coefficient (Wildman–Crippen LogP) is 0.0153. The molecule has 0 spiro atoms. The Bertz CT molecular complexity index is 275. The second-order valence-corrected chi connectivity index (χ2v) is 4.90. The van der Waals surface area contributed by atoms with Crippen LogP contribution in [0.3, 0.4) is 0 Å². The largest absolute Gasteiger partial charge is 0.355 e. The number of hydrogen-bond donors (Lipinski definition) is 3. The first-order valence-electron chi connectivity index (χ1n) is 6.32. The van der Waals surface area contributed by atoms with Crippen molar-refractivity contribution in [1.29, 1.82) is 0 Å². The molecule has 0 heterocycles. The van der Waals surface area contributed by atoms with Gasteiger partial charge in [-0.3, -0.25) is 9.59 Å². The summed E-state index contributed by atoms with van der Waals surface area (Å²) in [5.74, 6) is 0.385. The number of carbonyl (C=O) groups is 2. The van der Waals surface area contributed by atoms with E-state index in [0.29, 0.717) is 13.1 Å². The van der Waals surface area contributed by atoms with Gasteiger partial charge in [0, 0.05) is 25.0 Å². The fourth-order valence-corrected chi connectivity index (χ4v) is 1.47. The molecule has 1 aliphatic carbocycles. The number of rotatable bonds is 7. The molecule has 5 nitrogen and oxygen atoms in total. The fourth-order valence-electron chi connectivity index (χ4n) is 1.47. The van der Waals surface area contributed by atoms with E-state index in [2.05, 4.69) is 16.0 Å². The SMILES string of the molecule is CC(C)NC(=O)C(C)NCCNC(=O)C1CC1. The fraction of sp³-hybridized carbons (Fsp3) is 0.833. The highest BCUT2D eigenvalue weighted by Crippen LogP contribution is 2.28. The average Bonchev–Trinajstić information content (AvgIpc) is 3.06. The first-order chi connectivity index (χ1) is 8.00. The van der Waals surface area contributed by atoms with Gasteiger partial charge >= 0.3 is 0 Å². The summed E-state index contributed by atoms with van der Waals surface area (Å²) in [6.07, 6.45) is 2.04. The van der Waals surface area contributed by atoms with E-state index in [1.54, 1.807) is 0 Å². The molecule has 0 aromatic heterocycles. The number of carbonyl (C=O) groups excluding carboxylic acids is 2. The molecule has 1 aliphatic rings. The van der Waals surface area contributed by atoms with Gasteiger partial charge in [-0.05, 0) is 33.6 Å². The lowest BCUT2D eigenvalue weighted by molar-refractivity contribution is -0.123. The maximum absolute atomic E-state index is 11.5. The van der Waals surface area contributed by atoms with Crippen LogP contribution in [-0.2, 0) is 9.59 Å². The molecule has 0 aromatic rings. The van der Waals surface area contributed by atoms with Crippen molar-refractivity contribution in [2.24, 2.45) is 5.92 Å². The van der Waals surface area contributed by atoms with Crippen LogP contribution in [0.4, 0.5) is 0 Å². The van der Waals surface area contributed by atoms with Gasteiger partial charge < -0.3 is 16.0 Å². The molecule has 1 rings (SSSR count). The molecule has 3 N–H and O–H groups in total. The molecule has 1 unspecified atom stereocenters. The van der Waals surface area contributed by atoms with Gasteiger partial charge in [0.05, 0.1) is 6.04 Å². The Morgan fingerprint density at radius 1 is 1.18 bits per heavy atom. The van der Waals surface area contributed by atoms with Crippen LogP contribution in [0, 0.1) is 5.92 Å². The lowest BCUT2D eigenvalue weighted by atomic mass is 10.3. The molecule has 1 saturated carbocycles. The van der Waals surface area contributed by atoms with Gasteiger partial charge in [-0.1, -0.05) is 0 Å². The summed E-state index contributed by atoms with van der Waals surface area (Å²) in [6, 6.07) is -0.0726. The van der Waals surface area contributed by atoms with Crippen LogP contribution in [0.1, 0.15) is 33.6 Å². The summed E-state index contributed by atoms with van der Waals surface area (Å²) >= 11 is 0. The Labute approximate surface area is 103 Å². The van der Waals surface area contributed by atoms with Gasteiger partial charge in [0.1, 0.15) is 0 Å². The van der Waals surface area contributed by atoms with E-state index in [-0.39, 0.29) is 29.8 Å². The van der Waals surface area contributed by atoms with E-state index in [4.69, 9.17) is 0 Å². The Balaban J connectivity index is 2.04. The molecule has 0 saturated heterocycles. The zero-order valence-electron chi connectivity index (χ0n) is 10.9. The van der Waals surface area contributed by atoms with Crippen molar-refractivity contribution >= 4 is 11.8 Å². The van der Waals surface area contributed by atoms with Crippen molar-refractivity contribution < 1.29 is 9.59 Å². The van der Waals surface area contributed by atoms with Gasteiger partial charge in [0.25, 0.3) is 0 Å². The molecule has 1 atom stereocenters. The van der Waals surface area contributed by atoms with Crippen LogP contribution in [0.25, 0.3) is 0 Å². The van der Waals surface area contributed by atoms with Crippen LogP contribution < -0.4 is 16.0 Å². The van der Waals surface area contributed by atoms with Gasteiger partial charge in [-0.25, -0.2) is 0 Å². The van der Waals surface area contributed by atoms with Crippen molar-refractivity contribution in [2.75, 3.05) is 13.1 Å². The summed E-state index contributed by atoms with van der Waals surface area (Å²) < 4.78 is 0. The Morgan fingerprint density at radius 3 is 2.35 bits per heavy atom. The van der Waals surface area contributed by atoms with Crippen LogP contribution in [0.2, 0.25) is 0 Å². The highest BCUT2D eigenvalue weighted by Gasteiger charge is 2.29. The van der Waals surface area contributed by atoms with E-state index < -0.39 is 0 Å². The maximum Gasteiger partial charge on any atom is 0.237 e. The van der Waals surface area contributed by atoms with Crippen LogP contribution in [0.15, 0.2) is 0 Å². The van der Waals surface area contributed by atoms with Crippen molar-refractivity contribution in [2.45, 2.75) is 45.7 Å². The Hall–Kier alpha value is -1.10. The number of nitrogens with one attached hydrogen (secondary N) is 3. The molecular weight excluding hydrogens is 218 g/mol. The van der Waals surface area contributed by atoms with Gasteiger partial charge in [0.2, 0.25) is 11.8 Å². The molecule has 0 bridgehead atoms. The summed E-state index contributed by atoms with van der Waals surface area (Å²) in [6.45, 7) is 6.88. The zero-order valence-corrected chi connectivity index (χ0v) is 10.9. The van der Waals surface area contributed by atoms with E-state index in [0.717, 1.165) is 12.8 Å². The van der Waals surface area contributed by atoms with E-state index >= 15 is 0 Å². The summed E-state index contributed by atoms with van der Waals surface area (Å²) in [5, 5.41) is 8.75. The third-order valence-electron chi connectivity index (χ3n) is 2.65. The molecule has 17 heavy (non-hydrogen) atoms. The lowest BCUT2D eigenvalue weighted by Gasteiger charge is -2.16. The predicted molar refractivity (Wildman–Crippen MR) is 66.5 cm³/mol. The molecule has 5 heteroatoms. The zero-order chi connectivity index (χ0) is 12.8. The van der Waals surface area contributed by atoms with E-state index in [1.165, 1.54) is 0 Å². The maximum atomic E-state index is 11.5. The summed E-state index contributed by atoms with van der Waals surface area (Å²) in [7, 11) is 0. The Morgan fingerprint density at radius 2 is 1.82 bits per heavy atom. The van der Waals surface area contributed by atoms with Crippen LogP contribution in [-0.4, -0.2) is 37.0 Å². The normalized spacial score (nSPS) is 16.7. The van der Waals surface area contributed by atoms with Crippen molar-refractivity contribution in [3.05, 3.63) is 0 Å². The first-order valence-corrected chi connectivity index (χ1v) is 6.32.